The fraction of sp³-hybridized carbons (Fsp3) is 0.304. The number of rotatable bonds is 5. The van der Waals surface area contributed by atoms with E-state index >= 15 is 0 Å². The zero-order valence-electron chi connectivity index (χ0n) is 15.4. The maximum absolute atomic E-state index is 13.9. The fourth-order valence-corrected chi connectivity index (χ4v) is 3.85. The van der Waals surface area contributed by atoms with Crippen LogP contribution in [0.2, 0.25) is 0 Å². The molecule has 1 aliphatic rings. The minimum Gasteiger partial charge on any atom is -0.298 e. The van der Waals surface area contributed by atoms with Gasteiger partial charge >= 0.3 is 0 Å². The molecule has 4 rings (SSSR count). The highest BCUT2D eigenvalue weighted by Crippen LogP contribution is 2.27. The van der Waals surface area contributed by atoms with Gasteiger partial charge in [0.1, 0.15) is 5.82 Å². The molecule has 27 heavy (non-hydrogen) atoms. The highest BCUT2D eigenvalue weighted by Gasteiger charge is 2.22. The van der Waals surface area contributed by atoms with Gasteiger partial charge in [0, 0.05) is 49.2 Å². The molecule has 0 amide bonds. The second kappa shape index (κ2) is 8.40. The normalized spacial score (nSPS) is 17.7. The van der Waals surface area contributed by atoms with Crippen LogP contribution in [0.15, 0.2) is 67.0 Å². The van der Waals surface area contributed by atoms with Crippen molar-refractivity contribution in [1.82, 2.24) is 14.9 Å². The minimum atomic E-state index is -0.161. The Morgan fingerprint density at radius 1 is 1.00 bits per heavy atom. The standard InChI is InChI=1S/C23H24FN3/c24-22-8-2-1-5-19(22)15-21-7-3-9-23(26-21)20-6-4-14-27(17-20)16-18-10-12-25-13-11-18/h1-3,5,7-13,20H,4,6,14-17H2/t20-/m1/s1. The lowest BCUT2D eigenvalue weighted by molar-refractivity contribution is 0.198. The first-order valence-corrected chi connectivity index (χ1v) is 9.58. The smallest absolute Gasteiger partial charge is 0.126 e. The van der Waals surface area contributed by atoms with Crippen molar-refractivity contribution in [2.75, 3.05) is 13.1 Å². The number of likely N-dealkylation sites (tertiary alicyclic amines) is 1. The van der Waals surface area contributed by atoms with Crippen LogP contribution in [0.5, 0.6) is 0 Å². The molecule has 1 atom stereocenters. The van der Waals surface area contributed by atoms with Crippen LogP contribution < -0.4 is 0 Å². The van der Waals surface area contributed by atoms with Gasteiger partial charge in [-0.2, -0.15) is 0 Å². The summed E-state index contributed by atoms with van der Waals surface area (Å²) in [6.45, 7) is 3.08. The first kappa shape index (κ1) is 17.8. The van der Waals surface area contributed by atoms with Gasteiger partial charge in [-0.25, -0.2) is 4.39 Å². The molecule has 0 unspecified atom stereocenters. The van der Waals surface area contributed by atoms with E-state index in [-0.39, 0.29) is 5.82 Å². The first-order chi connectivity index (χ1) is 13.3. The van der Waals surface area contributed by atoms with E-state index in [1.807, 2.05) is 30.6 Å². The molecule has 0 aliphatic carbocycles. The van der Waals surface area contributed by atoms with Gasteiger partial charge in [-0.1, -0.05) is 24.3 Å². The highest BCUT2D eigenvalue weighted by atomic mass is 19.1. The Hall–Kier alpha value is -2.59. The second-order valence-corrected chi connectivity index (χ2v) is 7.25. The third-order valence-corrected chi connectivity index (χ3v) is 5.24. The van der Waals surface area contributed by atoms with Crippen LogP contribution in [0.25, 0.3) is 0 Å². The zero-order chi connectivity index (χ0) is 18.5. The van der Waals surface area contributed by atoms with Gasteiger partial charge in [-0.3, -0.25) is 14.9 Å². The summed E-state index contributed by atoms with van der Waals surface area (Å²) >= 11 is 0. The summed E-state index contributed by atoms with van der Waals surface area (Å²) in [7, 11) is 0. The van der Waals surface area contributed by atoms with E-state index in [1.165, 1.54) is 18.1 Å². The van der Waals surface area contributed by atoms with Gasteiger partial charge in [0.2, 0.25) is 0 Å². The lowest BCUT2D eigenvalue weighted by atomic mass is 9.93. The molecule has 0 saturated carbocycles. The average molecular weight is 361 g/mol. The third-order valence-electron chi connectivity index (χ3n) is 5.24. The Balaban J connectivity index is 1.45. The highest BCUT2D eigenvalue weighted by molar-refractivity contribution is 5.25. The Bertz CT molecular complexity index is 882. The van der Waals surface area contributed by atoms with E-state index in [2.05, 4.69) is 34.1 Å². The number of pyridine rings is 2. The van der Waals surface area contributed by atoms with Crippen LogP contribution in [0.4, 0.5) is 4.39 Å². The van der Waals surface area contributed by atoms with E-state index in [9.17, 15) is 4.39 Å². The molecule has 3 heterocycles. The van der Waals surface area contributed by atoms with E-state index in [4.69, 9.17) is 4.98 Å². The van der Waals surface area contributed by atoms with Crippen molar-refractivity contribution < 1.29 is 4.39 Å². The fourth-order valence-electron chi connectivity index (χ4n) is 3.85. The number of halogens is 1. The van der Waals surface area contributed by atoms with Crippen molar-refractivity contribution in [2.45, 2.75) is 31.7 Å². The molecular weight excluding hydrogens is 337 g/mol. The summed E-state index contributed by atoms with van der Waals surface area (Å²) < 4.78 is 13.9. The Labute approximate surface area is 159 Å². The minimum absolute atomic E-state index is 0.161. The third kappa shape index (κ3) is 4.58. The summed E-state index contributed by atoms with van der Waals surface area (Å²) in [6, 6.07) is 17.3. The largest absolute Gasteiger partial charge is 0.298 e. The van der Waals surface area contributed by atoms with Crippen molar-refractivity contribution in [3.63, 3.8) is 0 Å². The van der Waals surface area contributed by atoms with E-state index in [0.29, 0.717) is 17.9 Å². The van der Waals surface area contributed by atoms with Gasteiger partial charge in [0.05, 0.1) is 0 Å². The number of benzene rings is 1. The Morgan fingerprint density at radius 2 is 1.85 bits per heavy atom. The summed E-state index contributed by atoms with van der Waals surface area (Å²) in [6.07, 6.45) is 6.57. The van der Waals surface area contributed by atoms with Gasteiger partial charge in [-0.15, -0.1) is 0 Å². The molecule has 0 N–H and O–H groups in total. The van der Waals surface area contributed by atoms with Crippen LogP contribution in [-0.2, 0) is 13.0 Å². The van der Waals surface area contributed by atoms with Crippen LogP contribution >= 0.6 is 0 Å². The first-order valence-electron chi connectivity index (χ1n) is 9.58. The molecule has 0 bridgehead atoms. The number of aromatic nitrogens is 2. The summed E-state index contributed by atoms with van der Waals surface area (Å²) in [4.78, 5) is 11.5. The van der Waals surface area contributed by atoms with Crippen molar-refractivity contribution in [2.24, 2.45) is 0 Å². The predicted molar refractivity (Wildman–Crippen MR) is 105 cm³/mol. The van der Waals surface area contributed by atoms with Gasteiger partial charge in [-0.05, 0) is 60.8 Å². The molecule has 3 nitrogen and oxygen atoms in total. The Morgan fingerprint density at radius 3 is 2.70 bits per heavy atom. The summed E-state index contributed by atoms with van der Waals surface area (Å²) in [5.74, 6) is 0.270. The monoisotopic (exact) mass is 361 g/mol. The molecular formula is C23H24FN3. The van der Waals surface area contributed by atoms with Crippen molar-refractivity contribution in [3.05, 3.63) is 95.3 Å². The summed E-state index contributed by atoms with van der Waals surface area (Å²) in [5, 5.41) is 0. The molecule has 1 fully saturated rings. The van der Waals surface area contributed by atoms with Gasteiger partial charge in [0.15, 0.2) is 0 Å². The number of hydrogen-bond acceptors (Lipinski definition) is 3. The average Bonchev–Trinajstić information content (AvgIpc) is 2.71. The maximum atomic E-state index is 13.9. The van der Waals surface area contributed by atoms with Crippen LogP contribution in [0.3, 0.4) is 0 Å². The van der Waals surface area contributed by atoms with E-state index < -0.39 is 0 Å². The van der Waals surface area contributed by atoms with Gasteiger partial charge < -0.3 is 0 Å². The van der Waals surface area contributed by atoms with Gasteiger partial charge in [0.25, 0.3) is 0 Å². The SMILES string of the molecule is Fc1ccccc1Cc1cccc([C@@H]2CCCN(Cc3ccncc3)C2)n1. The van der Waals surface area contributed by atoms with Crippen molar-refractivity contribution >= 4 is 0 Å². The lowest BCUT2D eigenvalue weighted by Gasteiger charge is -2.32. The number of piperidine rings is 1. The topological polar surface area (TPSA) is 29.0 Å². The Kier molecular flexibility index (Phi) is 5.54. The number of hydrogen-bond donors (Lipinski definition) is 0. The molecule has 0 radical (unpaired) electrons. The molecule has 1 aromatic carbocycles. The molecule has 0 spiro atoms. The van der Waals surface area contributed by atoms with Crippen LogP contribution in [0, 0.1) is 5.82 Å². The summed E-state index contributed by atoms with van der Waals surface area (Å²) in [5.41, 5.74) is 4.06. The quantitative estimate of drug-likeness (QED) is 0.666. The van der Waals surface area contributed by atoms with E-state index in [1.54, 1.807) is 6.07 Å². The molecule has 1 saturated heterocycles. The molecule has 4 heteroatoms. The molecule has 2 aromatic heterocycles. The van der Waals surface area contributed by atoms with E-state index in [0.717, 1.165) is 37.4 Å². The zero-order valence-corrected chi connectivity index (χ0v) is 15.4. The second-order valence-electron chi connectivity index (χ2n) is 7.25. The van der Waals surface area contributed by atoms with Crippen LogP contribution in [-0.4, -0.2) is 28.0 Å². The van der Waals surface area contributed by atoms with Crippen molar-refractivity contribution in [1.29, 1.82) is 0 Å². The molecule has 138 valence electrons. The maximum Gasteiger partial charge on any atom is 0.126 e. The predicted octanol–water partition coefficient (Wildman–Crippen LogP) is 4.59. The lowest BCUT2D eigenvalue weighted by Crippen LogP contribution is -2.34. The van der Waals surface area contributed by atoms with Crippen LogP contribution in [0.1, 0.15) is 41.3 Å². The van der Waals surface area contributed by atoms with Crippen molar-refractivity contribution in [3.8, 4) is 0 Å². The molecule has 3 aromatic rings. The number of nitrogens with zero attached hydrogens (tertiary/aromatic N) is 3. The molecule has 1 aliphatic heterocycles.